The molecule has 0 amide bonds. The summed E-state index contributed by atoms with van der Waals surface area (Å²) < 4.78 is 5.72. The fourth-order valence-electron chi connectivity index (χ4n) is 1.59. The molecule has 1 unspecified atom stereocenters. The summed E-state index contributed by atoms with van der Waals surface area (Å²) in [6.45, 7) is 4.79. The number of nitrogens with two attached hydrogens (primary N) is 1. The lowest BCUT2D eigenvalue weighted by Crippen LogP contribution is -2.07. The summed E-state index contributed by atoms with van der Waals surface area (Å²) in [5, 5.41) is 1.20. The molecule has 2 nitrogen and oxygen atoms in total. The average molecular weight is 189 g/mol. The number of benzene rings is 1. The van der Waals surface area contributed by atoms with Gasteiger partial charge in [-0.2, -0.15) is 0 Å². The summed E-state index contributed by atoms with van der Waals surface area (Å²) in [6.07, 6.45) is 0. The topological polar surface area (TPSA) is 39.2 Å². The Labute approximate surface area is 83.7 Å². The van der Waals surface area contributed by atoms with E-state index in [9.17, 15) is 0 Å². The monoisotopic (exact) mass is 189 g/mol. The Hall–Kier alpha value is -1.28. The zero-order valence-electron chi connectivity index (χ0n) is 8.58. The van der Waals surface area contributed by atoms with E-state index < -0.39 is 0 Å². The molecule has 1 aromatic carbocycles. The van der Waals surface area contributed by atoms with Gasteiger partial charge in [-0.15, -0.1) is 0 Å². The molecule has 2 aromatic rings. The molecule has 0 bridgehead atoms. The molecule has 0 fully saturated rings. The minimum Gasteiger partial charge on any atom is -0.461 e. The van der Waals surface area contributed by atoms with E-state index in [2.05, 4.69) is 26.0 Å². The molecule has 0 saturated heterocycles. The lowest BCUT2D eigenvalue weighted by molar-refractivity contribution is 0.509. The molecular formula is C12H15NO. The quantitative estimate of drug-likeness (QED) is 0.789. The van der Waals surface area contributed by atoms with E-state index in [1.165, 1.54) is 10.9 Å². The Morgan fingerprint density at radius 3 is 2.86 bits per heavy atom. The van der Waals surface area contributed by atoms with Crippen LogP contribution in [0.25, 0.3) is 11.0 Å². The fourth-order valence-corrected chi connectivity index (χ4v) is 1.59. The van der Waals surface area contributed by atoms with Gasteiger partial charge in [0.05, 0.1) is 0 Å². The maximum Gasteiger partial charge on any atom is 0.134 e. The molecule has 1 atom stereocenters. The van der Waals surface area contributed by atoms with Crippen LogP contribution in [0.15, 0.2) is 28.7 Å². The number of fused-ring (bicyclic) bond motifs is 1. The number of rotatable bonds is 2. The van der Waals surface area contributed by atoms with Crippen molar-refractivity contribution in [2.24, 2.45) is 5.73 Å². The maximum atomic E-state index is 5.72. The van der Waals surface area contributed by atoms with Crippen molar-refractivity contribution >= 4 is 11.0 Å². The third-order valence-corrected chi connectivity index (χ3v) is 2.64. The Kier molecular flexibility index (Phi) is 2.30. The van der Waals surface area contributed by atoms with Crippen LogP contribution in [-0.4, -0.2) is 6.54 Å². The SMILES string of the molecule is Cc1cccc2oc(C(C)CN)cc12. The first kappa shape index (κ1) is 9.28. The van der Waals surface area contributed by atoms with Crippen molar-refractivity contribution in [2.45, 2.75) is 19.8 Å². The van der Waals surface area contributed by atoms with Crippen LogP contribution >= 0.6 is 0 Å². The Balaban J connectivity index is 2.56. The van der Waals surface area contributed by atoms with Gasteiger partial charge >= 0.3 is 0 Å². The lowest BCUT2D eigenvalue weighted by atomic mass is 10.1. The molecule has 2 heteroatoms. The standard InChI is InChI=1S/C12H15NO/c1-8-4-3-5-11-10(8)6-12(14-11)9(2)7-13/h3-6,9H,7,13H2,1-2H3. The van der Waals surface area contributed by atoms with Gasteiger partial charge in [0.2, 0.25) is 0 Å². The highest BCUT2D eigenvalue weighted by Gasteiger charge is 2.10. The summed E-state index contributed by atoms with van der Waals surface area (Å²) in [7, 11) is 0. The highest BCUT2D eigenvalue weighted by atomic mass is 16.3. The van der Waals surface area contributed by atoms with Gasteiger partial charge in [0.25, 0.3) is 0 Å². The number of hydrogen-bond acceptors (Lipinski definition) is 2. The molecule has 1 heterocycles. The van der Waals surface area contributed by atoms with Crippen molar-refractivity contribution in [2.75, 3.05) is 6.54 Å². The molecule has 0 aliphatic carbocycles. The van der Waals surface area contributed by atoms with E-state index in [-0.39, 0.29) is 0 Å². The van der Waals surface area contributed by atoms with Gasteiger partial charge in [-0.25, -0.2) is 0 Å². The average Bonchev–Trinajstić information content (AvgIpc) is 2.62. The van der Waals surface area contributed by atoms with Crippen molar-refractivity contribution in [3.63, 3.8) is 0 Å². The first-order chi connectivity index (χ1) is 6.72. The zero-order valence-corrected chi connectivity index (χ0v) is 8.58. The smallest absolute Gasteiger partial charge is 0.134 e. The lowest BCUT2D eigenvalue weighted by Gasteiger charge is -2.01. The summed E-state index contributed by atoms with van der Waals surface area (Å²) in [6, 6.07) is 8.20. The predicted octanol–water partition coefficient (Wildman–Crippen LogP) is 2.80. The number of furan rings is 1. The second-order valence-corrected chi connectivity index (χ2v) is 3.77. The molecule has 0 aliphatic rings. The molecule has 0 saturated carbocycles. The molecule has 0 spiro atoms. The van der Waals surface area contributed by atoms with Crippen LogP contribution in [0.1, 0.15) is 24.2 Å². The minimum atomic E-state index is 0.293. The first-order valence-corrected chi connectivity index (χ1v) is 4.91. The van der Waals surface area contributed by atoms with Crippen molar-refractivity contribution in [1.82, 2.24) is 0 Å². The van der Waals surface area contributed by atoms with Crippen LogP contribution in [0, 0.1) is 6.92 Å². The van der Waals surface area contributed by atoms with Gasteiger partial charge < -0.3 is 10.2 Å². The minimum absolute atomic E-state index is 0.293. The van der Waals surface area contributed by atoms with Crippen LogP contribution < -0.4 is 5.73 Å². The number of hydrogen-bond donors (Lipinski definition) is 1. The van der Waals surface area contributed by atoms with Crippen LogP contribution in [0.5, 0.6) is 0 Å². The highest BCUT2D eigenvalue weighted by Crippen LogP contribution is 2.26. The van der Waals surface area contributed by atoms with Gasteiger partial charge in [-0.05, 0) is 24.6 Å². The van der Waals surface area contributed by atoms with E-state index in [4.69, 9.17) is 10.2 Å². The van der Waals surface area contributed by atoms with E-state index in [1.807, 2.05) is 12.1 Å². The Morgan fingerprint density at radius 1 is 1.43 bits per heavy atom. The third-order valence-electron chi connectivity index (χ3n) is 2.64. The van der Waals surface area contributed by atoms with E-state index in [0.717, 1.165) is 11.3 Å². The van der Waals surface area contributed by atoms with Crippen LogP contribution in [0.3, 0.4) is 0 Å². The number of aryl methyl sites for hydroxylation is 1. The molecule has 0 aliphatic heterocycles. The van der Waals surface area contributed by atoms with Gasteiger partial charge in [0.15, 0.2) is 0 Å². The Morgan fingerprint density at radius 2 is 2.21 bits per heavy atom. The van der Waals surface area contributed by atoms with E-state index >= 15 is 0 Å². The van der Waals surface area contributed by atoms with Crippen LogP contribution in [-0.2, 0) is 0 Å². The second kappa shape index (κ2) is 3.46. The summed E-state index contributed by atoms with van der Waals surface area (Å²) >= 11 is 0. The summed E-state index contributed by atoms with van der Waals surface area (Å²) in [5.41, 5.74) is 7.81. The molecule has 0 radical (unpaired) electrons. The molecule has 2 rings (SSSR count). The predicted molar refractivity (Wildman–Crippen MR) is 58.4 cm³/mol. The summed E-state index contributed by atoms with van der Waals surface area (Å²) in [5.74, 6) is 1.28. The fraction of sp³-hybridized carbons (Fsp3) is 0.333. The normalized spacial score (nSPS) is 13.4. The first-order valence-electron chi connectivity index (χ1n) is 4.91. The highest BCUT2D eigenvalue weighted by molar-refractivity contribution is 5.81. The van der Waals surface area contributed by atoms with E-state index in [0.29, 0.717) is 12.5 Å². The Bertz CT molecular complexity index is 445. The van der Waals surface area contributed by atoms with Crippen molar-refractivity contribution in [3.05, 3.63) is 35.6 Å². The molecular weight excluding hydrogens is 174 g/mol. The van der Waals surface area contributed by atoms with Crippen LogP contribution in [0.4, 0.5) is 0 Å². The van der Waals surface area contributed by atoms with Gasteiger partial charge in [0, 0.05) is 17.8 Å². The van der Waals surface area contributed by atoms with Gasteiger partial charge in [-0.1, -0.05) is 19.1 Å². The van der Waals surface area contributed by atoms with E-state index in [1.54, 1.807) is 0 Å². The van der Waals surface area contributed by atoms with Crippen molar-refractivity contribution in [3.8, 4) is 0 Å². The zero-order chi connectivity index (χ0) is 10.1. The largest absolute Gasteiger partial charge is 0.461 e. The van der Waals surface area contributed by atoms with Crippen LogP contribution in [0.2, 0.25) is 0 Å². The third kappa shape index (κ3) is 1.42. The van der Waals surface area contributed by atoms with Crippen molar-refractivity contribution < 1.29 is 4.42 Å². The summed E-state index contributed by atoms with van der Waals surface area (Å²) in [4.78, 5) is 0. The molecule has 2 N–H and O–H groups in total. The maximum absolute atomic E-state index is 5.72. The molecule has 1 aromatic heterocycles. The molecule has 74 valence electrons. The molecule has 14 heavy (non-hydrogen) atoms. The van der Waals surface area contributed by atoms with Gasteiger partial charge in [-0.3, -0.25) is 0 Å². The van der Waals surface area contributed by atoms with Crippen molar-refractivity contribution in [1.29, 1.82) is 0 Å². The second-order valence-electron chi connectivity index (χ2n) is 3.77. The van der Waals surface area contributed by atoms with Gasteiger partial charge in [0.1, 0.15) is 11.3 Å².